The van der Waals surface area contributed by atoms with Crippen LogP contribution in [0.3, 0.4) is 0 Å². The molecule has 0 saturated heterocycles. The molecule has 1 atom stereocenters. The molecule has 0 aliphatic rings. The van der Waals surface area contributed by atoms with Gasteiger partial charge in [-0.15, -0.1) is 11.3 Å². The van der Waals surface area contributed by atoms with E-state index in [4.69, 9.17) is 5.73 Å². The summed E-state index contributed by atoms with van der Waals surface area (Å²) in [6, 6.07) is 6.43. The van der Waals surface area contributed by atoms with E-state index in [0.29, 0.717) is 0 Å². The minimum Gasteiger partial charge on any atom is -0.320 e. The van der Waals surface area contributed by atoms with Crippen molar-refractivity contribution in [2.75, 3.05) is 0 Å². The van der Waals surface area contributed by atoms with Crippen molar-refractivity contribution in [2.45, 2.75) is 26.8 Å². The molecule has 1 heterocycles. The minimum absolute atomic E-state index is 0.0572. The predicted molar refractivity (Wildman–Crippen MR) is 86.4 cm³/mol. The number of rotatable bonds is 2. The highest BCUT2D eigenvalue weighted by Crippen LogP contribution is 2.38. The van der Waals surface area contributed by atoms with Gasteiger partial charge >= 0.3 is 0 Å². The van der Waals surface area contributed by atoms with Crippen LogP contribution in [0.5, 0.6) is 0 Å². The molecule has 1 unspecified atom stereocenters. The molecule has 0 amide bonds. The molecule has 96 valence electrons. The number of thiophene rings is 1. The Morgan fingerprint density at radius 1 is 1.06 bits per heavy atom. The molecule has 4 heteroatoms. The summed E-state index contributed by atoms with van der Waals surface area (Å²) in [5.74, 6) is 0. The van der Waals surface area contributed by atoms with Crippen LogP contribution in [0.2, 0.25) is 0 Å². The largest absolute Gasteiger partial charge is 0.320 e. The third-order valence-electron chi connectivity index (χ3n) is 3.02. The maximum absolute atomic E-state index is 6.42. The van der Waals surface area contributed by atoms with Gasteiger partial charge in [0.25, 0.3) is 0 Å². The van der Waals surface area contributed by atoms with Gasteiger partial charge < -0.3 is 5.73 Å². The number of hydrogen-bond donors (Lipinski definition) is 1. The zero-order chi connectivity index (χ0) is 13.4. The number of hydrogen-bond acceptors (Lipinski definition) is 2. The summed E-state index contributed by atoms with van der Waals surface area (Å²) < 4.78 is 2.16. The maximum Gasteiger partial charge on any atom is 0.0843 e. The van der Waals surface area contributed by atoms with Gasteiger partial charge in [0.1, 0.15) is 0 Å². The second-order valence-corrected chi connectivity index (χ2v) is 7.82. The van der Waals surface area contributed by atoms with Crippen LogP contribution in [0.4, 0.5) is 0 Å². The average Bonchev–Trinajstić information content (AvgIpc) is 2.57. The summed E-state index contributed by atoms with van der Waals surface area (Å²) in [7, 11) is 0. The molecule has 0 radical (unpaired) electrons. The topological polar surface area (TPSA) is 26.0 Å². The normalized spacial score (nSPS) is 12.8. The van der Waals surface area contributed by atoms with E-state index < -0.39 is 0 Å². The summed E-state index contributed by atoms with van der Waals surface area (Å²) in [6.07, 6.45) is 0. The summed E-state index contributed by atoms with van der Waals surface area (Å²) in [5.41, 5.74) is 11.5. The van der Waals surface area contributed by atoms with Crippen LogP contribution in [0.15, 0.2) is 26.5 Å². The zero-order valence-corrected chi connectivity index (χ0v) is 14.5. The maximum atomic E-state index is 6.42. The molecule has 2 aromatic rings. The molecule has 18 heavy (non-hydrogen) atoms. The fourth-order valence-electron chi connectivity index (χ4n) is 2.34. The highest BCUT2D eigenvalue weighted by atomic mass is 79.9. The second kappa shape index (κ2) is 5.45. The quantitative estimate of drug-likeness (QED) is 0.747. The SMILES string of the molecule is Cc1cc(C)c(C(N)c2cc(Br)c(Br)s2)c(C)c1. The van der Waals surface area contributed by atoms with E-state index in [1.165, 1.54) is 27.1 Å². The Balaban J connectivity index is 2.49. The lowest BCUT2D eigenvalue weighted by Crippen LogP contribution is -2.13. The average molecular weight is 389 g/mol. The van der Waals surface area contributed by atoms with E-state index in [-0.39, 0.29) is 6.04 Å². The van der Waals surface area contributed by atoms with Crippen molar-refractivity contribution in [1.29, 1.82) is 0 Å². The Kier molecular flexibility index (Phi) is 4.32. The van der Waals surface area contributed by atoms with Gasteiger partial charge in [-0.1, -0.05) is 17.7 Å². The van der Waals surface area contributed by atoms with Crippen molar-refractivity contribution in [2.24, 2.45) is 5.73 Å². The van der Waals surface area contributed by atoms with Gasteiger partial charge in [-0.2, -0.15) is 0 Å². The molecule has 0 fully saturated rings. The lowest BCUT2D eigenvalue weighted by atomic mass is 9.94. The van der Waals surface area contributed by atoms with Crippen molar-refractivity contribution in [1.82, 2.24) is 0 Å². The molecule has 0 bridgehead atoms. The number of benzene rings is 1. The first-order valence-electron chi connectivity index (χ1n) is 5.68. The lowest BCUT2D eigenvalue weighted by Gasteiger charge is -2.17. The zero-order valence-electron chi connectivity index (χ0n) is 10.6. The van der Waals surface area contributed by atoms with E-state index in [0.717, 1.165) is 8.26 Å². The molecule has 1 aromatic heterocycles. The molecule has 1 aromatic carbocycles. The first kappa shape index (κ1) is 14.3. The lowest BCUT2D eigenvalue weighted by molar-refractivity contribution is 0.869. The highest BCUT2D eigenvalue weighted by molar-refractivity contribution is 9.13. The van der Waals surface area contributed by atoms with Crippen LogP contribution in [0.1, 0.15) is 33.2 Å². The van der Waals surface area contributed by atoms with E-state index in [2.05, 4.69) is 70.8 Å². The van der Waals surface area contributed by atoms with Gasteiger partial charge in [0.15, 0.2) is 0 Å². The fraction of sp³-hybridized carbons (Fsp3) is 0.286. The smallest absolute Gasteiger partial charge is 0.0843 e. The molecule has 1 nitrogen and oxygen atoms in total. The van der Waals surface area contributed by atoms with Gasteiger partial charge in [-0.25, -0.2) is 0 Å². The van der Waals surface area contributed by atoms with E-state index in [9.17, 15) is 0 Å². The second-order valence-electron chi connectivity index (χ2n) is 4.56. The predicted octanol–water partition coefficient (Wildman–Crippen LogP) is 5.25. The van der Waals surface area contributed by atoms with Crippen LogP contribution >= 0.6 is 43.2 Å². The molecule has 2 N–H and O–H groups in total. The molecular formula is C14H15Br2NS. The molecule has 0 aliphatic heterocycles. The first-order chi connectivity index (χ1) is 8.40. The molecule has 0 aliphatic carbocycles. The first-order valence-corrected chi connectivity index (χ1v) is 8.08. The highest BCUT2D eigenvalue weighted by Gasteiger charge is 2.17. The molecule has 0 spiro atoms. The van der Waals surface area contributed by atoms with Crippen LogP contribution in [0.25, 0.3) is 0 Å². The van der Waals surface area contributed by atoms with Crippen molar-refractivity contribution in [3.8, 4) is 0 Å². The van der Waals surface area contributed by atoms with Crippen molar-refractivity contribution >= 4 is 43.2 Å². The Morgan fingerprint density at radius 2 is 1.61 bits per heavy atom. The number of aryl methyl sites for hydroxylation is 3. The molecular weight excluding hydrogens is 374 g/mol. The minimum atomic E-state index is -0.0572. The van der Waals surface area contributed by atoms with Crippen LogP contribution in [-0.2, 0) is 0 Å². The summed E-state index contributed by atoms with van der Waals surface area (Å²) in [6.45, 7) is 6.38. The Labute approximate surface area is 129 Å². The van der Waals surface area contributed by atoms with Gasteiger partial charge in [0.2, 0.25) is 0 Å². The standard InChI is InChI=1S/C14H15Br2NS/c1-7-4-8(2)12(9(3)5-7)13(17)11-6-10(15)14(16)18-11/h4-6,13H,17H2,1-3H3. The number of halogens is 2. The van der Waals surface area contributed by atoms with Gasteiger partial charge in [0, 0.05) is 9.35 Å². The third-order valence-corrected chi connectivity index (χ3v) is 6.36. The Hall–Kier alpha value is -0.160. The van der Waals surface area contributed by atoms with E-state index in [1.54, 1.807) is 11.3 Å². The fourth-order valence-corrected chi connectivity index (χ4v) is 4.44. The van der Waals surface area contributed by atoms with Crippen molar-refractivity contribution in [3.05, 3.63) is 53.6 Å². The van der Waals surface area contributed by atoms with E-state index in [1.807, 2.05) is 0 Å². The third kappa shape index (κ3) is 2.72. The van der Waals surface area contributed by atoms with Gasteiger partial charge in [0.05, 0.1) is 9.83 Å². The van der Waals surface area contributed by atoms with Gasteiger partial charge in [-0.3, -0.25) is 0 Å². The van der Waals surface area contributed by atoms with E-state index >= 15 is 0 Å². The summed E-state index contributed by atoms with van der Waals surface area (Å²) in [4.78, 5) is 1.17. The molecule has 2 rings (SSSR count). The summed E-state index contributed by atoms with van der Waals surface area (Å²) in [5, 5.41) is 0. The Morgan fingerprint density at radius 3 is 2.06 bits per heavy atom. The molecule has 0 saturated carbocycles. The van der Waals surface area contributed by atoms with Crippen LogP contribution < -0.4 is 5.73 Å². The van der Waals surface area contributed by atoms with Crippen molar-refractivity contribution in [3.63, 3.8) is 0 Å². The summed E-state index contributed by atoms with van der Waals surface area (Å²) >= 11 is 8.72. The van der Waals surface area contributed by atoms with Gasteiger partial charge in [-0.05, 0) is 75.4 Å². The van der Waals surface area contributed by atoms with Crippen LogP contribution in [0, 0.1) is 20.8 Å². The monoisotopic (exact) mass is 387 g/mol. The van der Waals surface area contributed by atoms with Crippen molar-refractivity contribution < 1.29 is 0 Å². The van der Waals surface area contributed by atoms with Crippen LogP contribution in [-0.4, -0.2) is 0 Å². The Bertz CT molecular complexity index is 547. The number of nitrogens with two attached hydrogens (primary N) is 1.